The summed E-state index contributed by atoms with van der Waals surface area (Å²) in [5, 5.41) is 7.82. The summed E-state index contributed by atoms with van der Waals surface area (Å²) in [5.74, 6) is 1.72. The summed E-state index contributed by atoms with van der Waals surface area (Å²) < 4.78 is 33.7. The Morgan fingerprint density at radius 3 is 2.07 bits per heavy atom. The Morgan fingerprint density at radius 1 is 0.833 bits per heavy atom. The van der Waals surface area contributed by atoms with Gasteiger partial charge in [0.15, 0.2) is 6.61 Å². The molecule has 0 radical (unpaired) electrons. The fourth-order valence-electron chi connectivity index (χ4n) is 2.62. The second-order valence-electron chi connectivity index (χ2n) is 6.46. The van der Waals surface area contributed by atoms with Crippen LogP contribution in [-0.2, 0) is 21.2 Å². The molecule has 3 rings (SSSR count). The van der Waals surface area contributed by atoms with Gasteiger partial charge in [-0.3, -0.25) is 4.79 Å². The van der Waals surface area contributed by atoms with Gasteiger partial charge in [-0.05, 0) is 60.5 Å². The number of primary sulfonamides is 1. The van der Waals surface area contributed by atoms with Crippen molar-refractivity contribution in [2.75, 3.05) is 13.2 Å². The quantitative estimate of drug-likeness (QED) is 0.547. The van der Waals surface area contributed by atoms with Crippen LogP contribution in [0.2, 0.25) is 0 Å². The molecule has 0 saturated heterocycles. The van der Waals surface area contributed by atoms with Crippen molar-refractivity contribution in [3.8, 4) is 17.2 Å². The minimum atomic E-state index is -3.70. The predicted octanol–water partition coefficient (Wildman–Crippen LogP) is 2.86. The van der Waals surface area contributed by atoms with Crippen LogP contribution in [0, 0.1) is 0 Å². The van der Waals surface area contributed by atoms with Crippen LogP contribution in [-0.4, -0.2) is 27.5 Å². The predicted molar refractivity (Wildman–Crippen MR) is 113 cm³/mol. The number of rotatable bonds is 9. The second-order valence-corrected chi connectivity index (χ2v) is 8.03. The fraction of sp³-hybridized carbons (Fsp3) is 0.136. The van der Waals surface area contributed by atoms with E-state index in [1.165, 1.54) is 12.1 Å². The molecule has 156 valence electrons. The van der Waals surface area contributed by atoms with Crippen LogP contribution in [0.15, 0.2) is 83.8 Å². The molecular weight excluding hydrogens is 404 g/mol. The first kappa shape index (κ1) is 21.4. The van der Waals surface area contributed by atoms with Gasteiger partial charge < -0.3 is 14.8 Å². The SMILES string of the molecule is NS(=O)(=O)c1ccc(CCNC(=O)COc2ccc(Oc3ccccc3)cc2)cc1. The van der Waals surface area contributed by atoms with Crippen molar-refractivity contribution < 1.29 is 22.7 Å². The second kappa shape index (κ2) is 9.91. The molecule has 0 unspecified atom stereocenters. The molecule has 3 aromatic rings. The molecule has 30 heavy (non-hydrogen) atoms. The van der Waals surface area contributed by atoms with Crippen molar-refractivity contribution in [1.29, 1.82) is 0 Å². The number of para-hydroxylation sites is 1. The standard InChI is InChI=1S/C22H22N2O5S/c23-30(26,27)21-12-6-17(7-13-21)14-15-24-22(25)16-28-18-8-10-20(11-9-18)29-19-4-2-1-3-5-19/h1-13H,14-16H2,(H,24,25)(H2,23,26,27). The number of nitrogens with two attached hydrogens (primary N) is 1. The highest BCUT2D eigenvalue weighted by atomic mass is 32.2. The molecule has 0 aliphatic carbocycles. The topological polar surface area (TPSA) is 108 Å². The number of hydrogen-bond donors (Lipinski definition) is 2. The van der Waals surface area contributed by atoms with Crippen molar-refractivity contribution in [1.82, 2.24) is 5.32 Å². The van der Waals surface area contributed by atoms with Crippen molar-refractivity contribution in [3.63, 3.8) is 0 Å². The van der Waals surface area contributed by atoms with E-state index in [1.54, 1.807) is 36.4 Å². The number of carbonyl (C=O) groups is 1. The van der Waals surface area contributed by atoms with Gasteiger partial charge in [-0.2, -0.15) is 0 Å². The van der Waals surface area contributed by atoms with Gasteiger partial charge in [0.2, 0.25) is 10.0 Å². The first-order valence-corrected chi connectivity index (χ1v) is 10.8. The zero-order chi connectivity index (χ0) is 21.4. The first-order chi connectivity index (χ1) is 14.4. The maximum absolute atomic E-state index is 11.9. The Bertz CT molecular complexity index is 1070. The number of sulfonamides is 1. The van der Waals surface area contributed by atoms with E-state index in [4.69, 9.17) is 14.6 Å². The molecule has 0 bridgehead atoms. The van der Waals surface area contributed by atoms with Gasteiger partial charge in [0.25, 0.3) is 5.91 Å². The summed E-state index contributed by atoms with van der Waals surface area (Å²) in [5.41, 5.74) is 0.887. The molecule has 0 aliphatic heterocycles. The monoisotopic (exact) mass is 426 g/mol. The Hall–Kier alpha value is -3.36. The molecule has 3 N–H and O–H groups in total. The molecule has 8 heteroatoms. The zero-order valence-electron chi connectivity index (χ0n) is 16.2. The number of nitrogens with one attached hydrogen (secondary N) is 1. The third-order valence-corrected chi connectivity index (χ3v) is 5.09. The van der Waals surface area contributed by atoms with Gasteiger partial charge in [0, 0.05) is 6.54 Å². The largest absolute Gasteiger partial charge is 0.484 e. The zero-order valence-corrected chi connectivity index (χ0v) is 17.0. The fourth-order valence-corrected chi connectivity index (χ4v) is 3.14. The third-order valence-electron chi connectivity index (χ3n) is 4.16. The maximum Gasteiger partial charge on any atom is 0.257 e. The van der Waals surface area contributed by atoms with Crippen LogP contribution in [0.1, 0.15) is 5.56 Å². The third kappa shape index (κ3) is 6.61. The first-order valence-electron chi connectivity index (χ1n) is 9.24. The Labute approximate surface area is 175 Å². The highest BCUT2D eigenvalue weighted by Crippen LogP contribution is 2.23. The molecule has 0 saturated carbocycles. The molecule has 0 atom stereocenters. The lowest BCUT2D eigenvalue weighted by molar-refractivity contribution is -0.123. The summed E-state index contributed by atoms with van der Waals surface area (Å²) >= 11 is 0. The minimum Gasteiger partial charge on any atom is -0.484 e. The average molecular weight is 426 g/mol. The summed E-state index contributed by atoms with van der Waals surface area (Å²) in [6.45, 7) is 0.296. The normalized spacial score (nSPS) is 11.0. The molecule has 0 spiro atoms. The van der Waals surface area contributed by atoms with E-state index >= 15 is 0 Å². The summed E-state index contributed by atoms with van der Waals surface area (Å²) in [6, 6.07) is 22.7. The average Bonchev–Trinajstić information content (AvgIpc) is 2.74. The summed E-state index contributed by atoms with van der Waals surface area (Å²) in [6.07, 6.45) is 0.558. The lowest BCUT2D eigenvalue weighted by atomic mass is 10.1. The summed E-state index contributed by atoms with van der Waals surface area (Å²) in [4.78, 5) is 12.0. The number of amides is 1. The van der Waals surface area contributed by atoms with Gasteiger partial charge in [0.05, 0.1) is 4.90 Å². The molecule has 0 heterocycles. The lowest BCUT2D eigenvalue weighted by Crippen LogP contribution is -2.30. The van der Waals surface area contributed by atoms with Crippen molar-refractivity contribution in [2.24, 2.45) is 5.14 Å². The van der Waals surface area contributed by atoms with Crippen molar-refractivity contribution in [3.05, 3.63) is 84.4 Å². The number of hydrogen-bond acceptors (Lipinski definition) is 5. The van der Waals surface area contributed by atoms with E-state index < -0.39 is 10.0 Å². The van der Waals surface area contributed by atoms with E-state index in [0.29, 0.717) is 24.5 Å². The van der Waals surface area contributed by atoms with E-state index in [9.17, 15) is 13.2 Å². The maximum atomic E-state index is 11.9. The number of benzene rings is 3. The van der Waals surface area contributed by atoms with Crippen LogP contribution in [0.4, 0.5) is 0 Å². The van der Waals surface area contributed by atoms with Crippen LogP contribution in [0.3, 0.4) is 0 Å². The van der Waals surface area contributed by atoms with Crippen molar-refractivity contribution in [2.45, 2.75) is 11.3 Å². The molecule has 0 aromatic heterocycles. The highest BCUT2D eigenvalue weighted by Gasteiger charge is 2.07. The van der Waals surface area contributed by atoms with E-state index in [1.807, 2.05) is 30.3 Å². The van der Waals surface area contributed by atoms with Crippen LogP contribution < -0.4 is 19.9 Å². The van der Waals surface area contributed by atoms with Gasteiger partial charge in [-0.15, -0.1) is 0 Å². The molecule has 0 aliphatic rings. The lowest BCUT2D eigenvalue weighted by Gasteiger charge is -2.09. The van der Waals surface area contributed by atoms with E-state index in [-0.39, 0.29) is 17.4 Å². The Morgan fingerprint density at radius 2 is 1.43 bits per heavy atom. The molecular formula is C22H22N2O5S. The van der Waals surface area contributed by atoms with Gasteiger partial charge in [-0.1, -0.05) is 30.3 Å². The van der Waals surface area contributed by atoms with E-state index in [2.05, 4.69) is 5.32 Å². The highest BCUT2D eigenvalue weighted by molar-refractivity contribution is 7.89. The van der Waals surface area contributed by atoms with Crippen LogP contribution in [0.5, 0.6) is 17.2 Å². The minimum absolute atomic E-state index is 0.0591. The Balaban J connectivity index is 1.39. The van der Waals surface area contributed by atoms with Crippen LogP contribution >= 0.6 is 0 Å². The molecule has 3 aromatic carbocycles. The molecule has 1 amide bonds. The van der Waals surface area contributed by atoms with Crippen molar-refractivity contribution >= 4 is 15.9 Å². The van der Waals surface area contributed by atoms with Gasteiger partial charge >= 0.3 is 0 Å². The van der Waals surface area contributed by atoms with Gasteiger partial charge in [-0.25, -0.2) is 13.6 Å². The van der Waals surface area contributed by atoms with Gasteiger partial charge in [0.1, 0.15) is 17.2 Å². The van der Waals surface area contributed by atoms with E-state index in [0.717, 1.165) is 11.3 Å². The number of ether oxygens (including phenoxy) is 2. The molecule has 7 nitrogen and oxygen atoms in total. The summed E-state index contributed by atoms with van der Waals surface area (Å²) in [7, 11) is -3.70. The van der Waals surface area contributed by atoms with Crippen LogP contribution in [0.25, 0.3) is 0 Å². The smallest absolute Gasteiger partial charge is 0.257 e. The Kier molecular flexibility index (Phi) is 7.05. The molecule has 0 fully saturated rings. The number of carbonyl (C=O) groups excluding carboxylic acids is 1.